The van der Waals surface area contributed by atoms with Crippen molar-refractivity contribution in [2.24, 2.45) is 5.92 Å². The molecule has 0 radical (unpaired) electrons. The summed E-state index contributed by atoms with van der Waals surface area (Å²) < 4.78 is 16.4. The zero-order chi connectivity index (χ0) is 20.6. The maximum atomic E-state index is 12.6. The van der Waals surface area contributed by atoms with E-state index in [2.05, 4.69) is 5.32 Å². The first-order valence-corrected chi connectivity index (χ1v) is 9.44. The molecular formula is C24H25NO4. The molecule has 0 saturated carbocycles. The molecule has 3 rings (SSSR count). The van der Waals surface area contributed by atoms with Crippen LogP contribution in [0.25, 0.3) is 0 Å². The molecule has 0 spiro atoms. The molecule has 1 unspecified atom stereocenters. The average molecular weight is 391 g/mol. The van der Waals surface area contributed by atoms with Gasteiger partial charge >= 0.3 is 0 Å². The zero-order valence-electron chi connectivity index (χ0n) is 16.8. The van der Waals surface area contributed by atoms with E-state index >= 15 is 0 Å². The molecule has 0 aromatic heterocycles. The van der Waals surface area contributed by atoms with Crippen molar-refractivity contribution in [2.75, 3.05) is 19.5 Å². The number of nitrogens with one attached hydrogen (secondary N) is 1. The molecule has 29 heavy (non-hydrogen) atoms. The van der Waals surface area contributed by atoms with Gasteiger partial charge in [0.05, 0.1) is 14.2 Å². The highest BCUT2D eigenvalue weighted by molar-refractivity contribution is 5.92. The van der Waals surface area contributed by atoms with Crippen LogP contribution in [0.3, 0.4) is 0 Å². The first kappa shape index (κ1) is 20.3. The molecule has 0 saturated heterocycles. The fraction of sp³-hybridized carbons (Fsp3) is 0.208. The molecule has 1 atom stereocenters. The van der Waals surface area contributed by atoms with Gasteiger partial charge in [-0.2, -0.15) is 0 Å². The lowest BCUT2D eigenvalue weighted by atomic mass is 10.00. The van der Waals surface area contributed by atoms with Crippen LogP contribution in [-0.2, 0) is 11.2 Å². The molecule has 0 fully saturated rings. The van der Waals surface area contributed by atoms with E-state index in [4.69, 9.17) is 14.2 Å². The van der Waals surface area contributed by atoms with E-state index in [1.54, 1.807) is 14.2 Å². The lowest BCUT2D eigenvalue weighted by Crippen LogP contribution is -2.22. The number of benzene rings is 3. The lowest BCUT2D eigenvalue weighted by Gasteiger charge is -2.14. The Labute approximate surface area is 171 Å². The average Bonchev–Trinajstić information content (AvgIpc) is 2.75. The quantitative estimate of drug-likeness (QED) is 0.565. The van der Waals surface area contributed by atoms with Crippen LogP contribution in [0.5, 0.6) is 23.0 Å². The van der Waals surface area contributed by atoms with Crippen LogP contribution in [0.2, 0.25) is 0 Å². The molecule has 1 amide bonds. The van der Waals surface area contributed by atoms with Crippen LogP contribution in [0, 0.1) is 5.92 Å². The van der Waals surface area contributed by atoms with Crippen molar-refractivity contribution in [3.05, 3.63) is 78.4 Å². The van der Waals surface area contributed by atoms with E-state index in [9.17, 15) is 4.79 Å². The number of anilines is 1. The van der Waals surface area contributed by atoms with Crippen LogP contribution in [0.1, 0.15) is 12.5 Å². The fourth-order valence-corrected chi connectivity index (χ4v) is 2.95. The van der Waals surface area contributed by atoms with Crippen molar-refractivity contribution >= 4 is 11.6 Å². The number of hydrogen-bond donors (Lipinski definition) is 1. The summed E-state index contributed by atoms with van der Waals surface area (Å²) in [6.07, 6.45) is 0.599. The van der Waals surface area contributed by atoms with E-state index in [1.165, 1.54) is 0 Å². The normalized spacial score (nSPS) is 11.4. The summed E-state index contributed by atoms with van der Waals surface area (Å²) in [7, 11) is 3.20. The highest BCUT2D eigenvalue weighted by Crippen LogP contribution is 2.29. The molecule has 0 heterocycles. The number of hydrogen-bond acceptors (Lipinski definition) is 4. The van der Waals surface area contributed by atoms with Crippen molar-refractivity contribution < 1.29 is 19.0 Å². The van der Waals surface area contributed by atoms with Crippen LogP contribution in [-0.4, -0.2) is 20.1 Å². The number of methoxy groups -OCH3 is 2. The Hall–Kier alpha value is -3.47. The first-order valence-electron chi connectivity index (χ1n) is 9.44. The van der Waals surface area contributed by atoms with Gasteiger partial charge in [0.15, 0.2) is 11.5 Å². The Morgan fingerprint density at radius 3 is 2.17 bits per heavy atom. The highest BCUT2D eigenvalue weighted by Gasteiger charge is 2.15. The molecule has 0 bridgehead atoms. The monoisotopic (exact) mass is 391 g/mol. The number of carbonyl (C=O) groups excluding carboxylic acids is 1. The van der Waals surface area contributed by atoms with Crippen molar-refractivity contribution in [2.45, 2.75) is 13.3 Å². The first-order chi connectivity index (χ1) is 14.1. The molecule has 5 heteroatoms. The van der Waals surface area contributed by atoms with Gasteiger partial charge in [0, 0.05) is 11.6 Å². The van der Waals surface area contributed by atoms with Gasteiger partial charge in [-0.3, -0.25) is 4.79 Å². The number of rotatable bonds is 8. The number of ether oxygens (including phenoxy) is 3. The highest BCUT2D eigenvalue weighted by atomic mass is 16.5. The third-order valence-electron chi connectivity index (χ3n) is 4.54. The van der Waals surface area contributed by atoms with E-state index < -0.39 is 0 Å². The lowest BCUT2D eigenvalue weighted by molar-refractivity contribution is -0.119. The molecular weight excluding hydrogens is 366 g/mol. The minimum atomic E-state index is -0.201. The van der Waals surface area contributed by atoms with Crippen molar-refractivity contribution in [1.82, 2.24) is 0 Å². The topological polar surface area (TPSA) is 56.8 Å². The zero-order valence-corrected chi connectivity index (χ0v) is 16.8. The molecule has 3 aromatic rings. The van der Waals surface area contributed by atoms with Gasteiger partial charge in [-0.1, -0.05) is 31.2 Å². The number of para-hydroxylation sites is 1. The van der Waals surface area contributed by atoms with Gasteiger partial charge in [0.1, 0.15) is 11.5 Å². The molecule has 5 nitrogen and oxygen atoms in total. The van der Waals surface area contributed by atoms with Gasteiger partial charge in [-0.25, -0.2) is 0 Å². The van der Waals surface area contributed by atoms with E-state index in [1.807, 2.05) is 79.7 Å². The predicted octanol–water partition coefficient (Wildman–Crippen LogP) is 5.31. The summed E-state index contributed by atoms with van der Waals surface area (Å²) in [4.78, 5) is 12.6. The van der Waals surface area contributed by atoms with Crippen molar-refractivity contribution in [3.8, 4) is 23.0 Å². The summed E-state index contributed by atoms with van der Waals surface area (Å²) >= 11 is 0. The minimum Gasteiger partial charge on any atom is -0.493 e. The molecule has 0 aliphatic heterocycles. The van der Waals surface area contributed by atoms with Gasteiger partial charge in [0.25, 0.3) is 0 Å². The van der Waals surface area contributed by atoms with Gasteiger partial charge in [-0.05, 0) is 60.5 Å². The predicted molar refractivity (Wildman–Crippen MR) is 114 cm³/mol. The molecule has 150 valence electrons. The maximum absolute atomic E-state index is 12.6. The summed E-state index contributed by atoms with van der Waals surface area (Å²) in [5, 5.41) is 2.95. The summed E-state index contributed by atoms with van der Waals surface area (Å²) in [6, 6.07) is 22.6. The summed E-state index contributed by atoms with van der Waals surface area (Å²) in [5.74, 6) is 2.57. The van der Waals surface area contributed by atoms with Crippen LogP contribution in [0.4, 0.5) is 5.69 Å². The summed E-state index contributed by atoms with van der Waals surface area (Å²) in [6.45, 7) is 1.90. The number of carbonyl (C=O) groups is 1. The Balaban J connectivity index is 1.58. The Kier molecular flexibility index (Phi) is 6.74. The third kappa shape index (κ3) is 5.51. The van der Waals surface area contributed by atoms with Crippen LogP contribution in [0.15, 0.2) is 72.8 Å². The van der Waals surface area contributed by atoms with Crippen molar-refractivity contribution in [3.63, 3.8) is 0 Å². The Morgan fingerprint density at radius 1 is 0.862 bits per heavy atom. The Bertz CT molecular complexity index is 939. The van der Waals surface area contributed by atoms with E-state index in [0.29, 0.717) is 23.7 Å². The smallest absolute Gasteiger partial charge is 0.227 e. The second-order valence-corrected chi connectivity index (χ2v) is 6.72. The molecule has 3 aromatic carbocycles. The second-order valence-electron chi connectivity index (χ2n) is 6.72. The van der Waals surface area contributed by atoms with Gasteiger partial charge in [0.2, 0.25) is 5.91 Å². The third-order valence-corrected chi connectivity index (χ3v) is 4.54. The fourth-order valence-electron chi connectivity index (χ4n) is 2.95. The van der Waals surface area contributed by atoms with Crippen LogP contribution < -0.4 is 19.5 Å². The minimum absolute atomic E-state index is 0.0449. The van der Waals surface area contributed by atoms with Gasteiger partial charge < -0.3 is 19.5 Å². The second kappa shape index (κ2) is 9.64. The maximum Gasteiger partial charge on any atom is 0.227 e. The number of amides is 1. The SMILES string of the molecule is COc1ccc(CC(C)C(=O)Nc2ccc(Oc3ccccc3)cc2)cc1OC. The van der Waals surface area contributed by atoms with E-state index in [-0.39, 0.29) is 11.8 Å². The van der Waals surface area contributed by atoms with Crippen LogP contribution >= 0.6 is 0 Å². The summed E-state index contributed by atoms with van der Waals surface area (Å²) in [5.41, 5.74) is 1.74. The van der Waals surface area contributed by atoms with Crippen molar-refractivity contribution in [1.29, 1.82) is 0 Å². The van der Waals surface area contributed by atoms with Gasteiger partial charge in [-0.15, -0.1) is 0 Å². The molecule has 0 aliphatic carbocycles. The Morgan fingerprint density at radius 2 is 1.52 bits per heavy atom. The molecule has 0 aliphatic rings. The standard InChI is InChI=1S/C24H25NO4/c1-17(15-18-9-14-22(27-2)23(16-18)28-3)24(26)25-19-10-12-21(13-11-19)29-20-7-5-4-6-8-20/h4-14,16-17H,15H2,1-3H3,(H,25,26). The van der Waals surface area contributed by atoms with E-state index in [0.717, 1.165) is 17.0 Å². The largest absolute Gasteiger partial charge is 0.493 e. The molecule has 1 N–H and O–H groups in total.